The number of carbonyl (C=O) groups excluding carboxylic acids is 2. The lowest BCUT2D eigenvalue weighted by Crippen LogP contribution is -2.31. The molecule has 0 aromatic heterocycles. The van der Waals surface area contributed by atoms with Crippen LogP contribution in [-0.4, -0.2) is 30.4 Å². The molecular formula is C11H9F3N2O2. The van der Waals surface area contributed by atoms with Crippen molar-refractivity contribution < 1.29 is 22.8 Å². The maximum atomic E-state index is 12.4. The number of rotatable bonds is 1. The Bertz CT molecular complexity index is 496. The predicted octanol–water partition coefficient (Wildman–Crippen LogP) is 2.10. The standard InChI is InChI=1S/C11H9F3N2O2/c1-15-6-9(17)16(10(15)18)8-4-2-7(3-5-8)11(12,13)14/h2-5H,6H2,1H3. The number of hydrogen-bond acceptors (Lipinski definition) is 2. The van der Waals surface area contributed by atoms with Gasteiger partial charge in [-0.1, -0.05) is 0 Å². The smallest absolute Gasteiger partial charge is 0.318 e. The van der Waals surface area contributed by atoms with E-state index in [1.807, 2.05) is 0 Å². The summed E-state index contributed by atoms with van der Waals surface area (Å²) in [5, 5.41) is 0. The fourth-order valence-electron chi connectivity index (χ4n) is 1.67. The van der Waals surface area contributed by atoms with E-state index in [-0.39, 0.29) is 12.2 Å². The number of hydrogen-bond donors (Lipinski definition) is 0. The molecule has 3 amide bonds. The first kappa shape index (κ1) is 12.4. The molecule has 2 rings (SSSR count). The van der Waals surface area contributed by atoms with E-state index in [1.54, 1.807) is 0 Å². The van der Waals surface area contributed by atoms with E-state index in [0.29, 0.717) is 0 Å². The van der Waals surface area contributed by atoms with Crippen LogP contribution in [0.15, 0.2) is 24.3 Å². The van der Waals surface area contributed by atoms with Crippen molar-refractivity contribution in [3.05, 3.63) is 29.8 Å². The molecule has 4 nitrogen and oxygen atoms in total. The van der Waals surface area contributed by atoms with Gasteiger partial charge in [-0.05, 0) is 24.3 Å². The highest BCUT2D eigenvalue weighted by molar-refractivity contribution is 6.19. The Kier molecular flexibility index (Phi) is 2.76. The first-order chi connectivity index (χ1) is 8.30. The fourth-order valence-corrected chi connectivity index (χ4v) is 1.67. The van der Waals surface area contributed by atoms with Crippen molar-refractivity contribution >= 4 is 17.6 Å². The molecule has 0 bridgehead atoms. The Hall–Kier alpha value is -2.05. The largest absolute Gasteiger partial charge is 0.416 e. The minimum absolute atomic E-state index is 0.0696. The summed E-state index contributed by atoms with van der Waals surface area (Å²) in [5.74, 6) is -0.456. The summed E-state index contributed by atoms with van der Waals surface area (Å²) < 4.78 is 37.1. The summed E-state index contributed by atoms with van der Waals surface area (Å²) in [6, 6.07) is 3.36. The maximum Gasteiger partial charge on any atom is 0.416 e. The molecule has 1 fully saturated rings. The van der Waals surface area contributed by atoms with Gasteiger partial charge in [-0.3, -0.25) is 4.79 Å². The number of imide groups is 1. The fraction of sp³-hybridized carbons (Fsp3) is 0.273. The predicted molar refractivity (Wildman–Crippen MR) is 57.0 cm³/mol. The highest BCUT2D eigenvalue weighted by atomic mass is 19.4. The van der Waals surface area contributed by atoms with Crippen LogP contribution in [0.2, 0.25) is 0 Å². The zero-order chi connectivity index (χ0) is 13.5. The molecule has 1 aliphatic heterocycles. The van der Waals surface area contributed by atoms with Crippen LogP contribution in [0, 0.1) is 0 Å². The molecule has 0 aliphatic carbocycles. The normalized spacial score (nSPS) is 16.7. The third kappa shape index (κ3) is 2.03. The van der Waals surface area contributed by atoms with Gasteiger partial charge in [0.1, 0.15) is 6.54 Å². The van der Waals surface area contributed by atoms with Crippen LogP contribution < -0.4 is 4.90 Å². The Balaban J connectivity index is 2.31. The van der Waals surface area contributed by atoms with Crippen LogP contribution >= 0.6 is 0 Å². The average Bonchev–Trinajstić information content (AvgIpc) is 2.52. The lowest BCUT2D eigenvalue weighted by molar-refractivity contribution is -0.137. The van der Waals surface area contributed by atoms with E-state index < -0.39 is 23.7 Å². The summed E-state index contributed by atoms with van der Waals surface area (Å²) in [6.07, 6.45) is -4.44. The van der Waals surface area contributed by atoms with E-state index in [2.05, 4.69) is 0 Å². The first-order valence-corrected chi connectivity index (χ1v) is 5.06. The van der Waals surface area contributed by atoms with Gasteiger partial charge >= 0.3 is 12.2 Å². The van der Waals surface area contributed by atoms with Gasteiger partial charge in [-0.15, -0.1) is 0 Å². The van der Waals surface area contributed by atoms with Gasteiger partial charge in [0, 0.05) is 7.05 Å². The summed E-state index contributed by atoms with van der Waals surface area (Å²) in [6.45, 7) is -0.0696. The molecule has 0 atom stereocenters. The number of amides is 3. The SMILES string of the molecule is CN1CC(=O)N(c2ccc(C(F)(F)F)cc2)C1=O. The van der Waals surface area contributed by atoms with Crippen LogP contribution in [0.4, 0.5) is 23.7 Å². The molecule has 7 heteroatoms. The van der Waals surface area contributed by atoms with E-state index in [0.717, 1.165) is 29.2 Å². The van der Waals surface area contributed by atoms with Crippen LogP contribution in [0.3, 0.4) is 0 Å². The molecule has 96 valence electrons. The zero-order valence-corrected chi connectivity index (χ0v) is 9.36. The lowest BCUT2D eigenvalue weighted by Gasteiger charge is -2.15. The Morgan fingerprint density at radius 1 is 1.11 bits per heavy atom. The molecule has 1 aliphatic rings. The van der Waals surface area contributed by atoms with Crippen molar-refractivity contribution in [3.8, 4) is 0 Å². The molecule has 0 radical (unpaired) electrons. The summed E-state index contributed by atoms with van der Waals surface area (Å²) in [5.41, 5.74) is -0.680. The number of anilines is 1. The minimum atomic E-state index is -4.44. The molecule has 1 heterocycles. The van der Waals surface area contributed by atoms with E-state index in [9.17, 15) is 22.8 Å². The van der Waals surface area contributed by atoms with Gasteiger partial charge < -0.3 is 4.90 Å². The van der Waals surface area contributed by atoms with Crippen molar-refractivity contribution in [1.29, 1.82) is 0 Å². The maximum absolute atomic E-state index is 12.4. The quantitative estimate of drug-likeness (QED) is 0.724. The van der Waals surface area contributed by atoms with E-state index >= 15 is 0 Å². The molecule has 1 saturated heterocycles. The van der Waals surface area contributed by atoms with Gasteiger partial charge in [0.15, 0.2) is 0 Å². The third-order valence-electron chi connectivity index (χ3n) is 2.59. The van der Waals surface area contributed by atoms with Crippen molar-refractivity contribution in [1.82, 2.24) is 4.90 Å². The highest BCUT2D eigenvalue weighted by Crippen LogP contribution is 2.31. The zero-order valence-electron chi connectivity index (χ0n) is 9.36. The Morgan fingerprint density at radius 2 is 1.67 bits per heavy atom. The topological polar surface area (TPSA) is 40.6 Å². The van der Waals surface area contributed by atoms with Gasteiger partial charge in [-0.25, -0.2) is 9.69 Å². The molecular weight excluding hydrogens is 249 g/mol. The van der Waals surface area contributed by atoms with Crippen molar-refractivity contribution in [2.75, 3.05) is 18.5 Å². The van der Waals surface area contributed by atoms with Gasteiger partial charge in [0.2, 0.25) is 0 Å². The number of benzene rings is 1. The summed E-state index contributed by atoms with van der Waals surface area (Å²) in [7, 11) is 1.45. The van der Waals surface area contributed by atoms with Gasteiger partial charge in [-0.2, -0.15) is 13.2 Å². The number of alkyl halides is 3. The number of urea groups is 1. The van der Waals surface area contributed by atoms with Crippen LogP contribution in [-0.2, 0) is 11.0 Å². The lowest BCUT2D eigenvalue weighted by atomic mass is 10.2. The first-order valence-electron chi connectivity index (χ1n) is 5.06. The second-order valence-electron chi connectivity index (χ2n) is 3.91. The van der Waals surface area contributed by atoms with E-state index in [4.69, 9.17) is 0 Å². The molecule has 0 saturated carbocycles. The number of nitrogens with zero attached hydrogens (tertiary/aromatic N) is 2. The second-order valence-corrected chi connectivity index (χ2v) is 3.91. The van der Waals surface area contributed by atoms with Crippen molar-refractivity contribution in [2.24, 2.45) is 0 Å². The van der Waals surface area contributed by atoms with Crippen LogP contribution in [0.5, 0.6) is 0 Å². The number of carbonyl (C=O) groups is 2. The van der Waals surface area contributed by atoms with Crippen LogP contribution in [0.1, 0.15) is 5.56 Å². The number of halogens is 3. The Labute approximate surface area is 101 Å². The summed E-state index contributed by atoms with van der Waals surface area (Å²) in [4.78, 5) is 25.2. The van der Waals surface area contributed by atoms with Crippen molar-refractivity contribution in [2.45, 2.75) is 6.18 Å². The van der Waals surface area contributed by atoms with Gasteiger partial charge in [0.25, 0.3) is 5.91 Å². The highest BCUT2D eigenvalue weighted by Gasteiger charge is 2.35. The Morgan fingerprint density at radius 3 is 2.06 bits per heavy atom. The monoisotopic (exact) mass is 258 g/mol. The van der Waals surface area contributed by atoms with Crippen molar-refractivity contribution in [3.63, 3.8) is 0 Å². The molecule has 18 heavy (non-hydrogen) atoms. The molecule has 0 N–H and O–H groups in total. The number of likely N-dealkylation sites (N-methyl/N-ethyl adjacent to an activating group) is 1. The molecule has 1 aromatic rings. The molecule has 0 spiro atoms. The van der Waals surface area contributed by atoms with Crippen LogP contribution in [0.25, 0.3) is 0 Å². The van der Waals surface area contributed by atoms with Gasteiger partial charge in [0.05, 0.1) is 11.3 Å². The average molecular weight is 258 g/mol. The van der Waals surface area contributed by atoms with E-state index in [1.165, 1.54) is 11.9 Å². The third-order valence-corrected chi connectivity index (χ3v) is 2.59. The molecule has 0 unspecified atom stereocenters. The second kappa shape index (κ2) is 4.01. The summed E-state index contributed by atoms with van der Waals surface area (Å²) >= 11 is 0. The minimum Gasteiger partial charge on any atom is -0.318 e. The molecule has 1 aromatic carbocycles.